The fraction of sp³-hybridized carbons (Fsp3) is 0.350. The number of nitrogens with zero attached hydrogens (tertiary/aromatic N) is 1. The molecule has 1 fully saturated rings. The van der Waals surface area contributed by atoms with Gasteiger partial charge >= 0.3 is 0 Å². The molecule has 1 aliphatic heterocycles. The molecule has 3 rings (SSSR count). The van der Waals surface area contributed by atoms with E-state index in [0.717, 1.165) is 13.1 Å². The lowest BCUT2D eigenvalue weighted by Gasteiger charge is -2.28. The van der Waals surface area contributed by atoms with Gasteiger partial charge in [-0.05, 0) is 49.7 Å². The lowest BCUT2D eigenvalue weighted by Crippen LogP contribution is -2.36. The highest BCUT2D eigenvalue weighted by molar-refractivity contribution is 5.97. The van der Waals surface area contributed by atoms with E-state index in [0.29, 0.717) is 12.3 Å². The minimum absolute atomic E-state index is 0.0456. The third-order valence-electron chi connectivity index (χ3n) is 4.67. The number of rotatable bonds is 6. The molecular formula is C20H24N2O3. The summed E-state index contributed by atoms with van der Waals surface area (Å²) in [4.78, 5) is 14.9. The van der Waals surface area contributed by atoms with Gasteiger partial charge in [-0.15, -0.1) is 0 Å². The number of phenols is 1. The predicted molar refractivity (Wildman–Crippen MR) is 97.0 cm³/mol. The molecule has 25 heavy (non-hydrogen) atoms. The molecule has 0 bridgehead atoms. The highest BCUT2D eigenvalue weighted by Gasteiger charge is 2.24. The van der Waals surface area contributed by atoms with E-state index in [1.807, 2.05) is 18.2 Å². The predicted octanol–water partition coefficient (Wildman–Crippen LogP) is 2.97. The van der Waals surface area contributed by atoms with Crippen molar-refractivity contribution in [1.82, 2.24) is 10.2 Å². The van der Waals surface area contributed by atoms with Gasteiger partial charge < -0.3 is 15.2 Å². The average Bonchev–Trinajstić information content (AvgIpc) is 3.17. The molecule has 0 saturated carbocycles. The molecular weight excluding hydrogens is 316 g/mol. The summed E-state index contributed by atoms with van der Waals surface area (Å²) >= 11 is 0. The van der Waals surface area contributed by atoms with Crippen LogP contribution in [0.2, 0.25) is 0 Å². The Labute approximate surface area is 148 Å². The van der Waals surface area contributed by atoms with Crippen LogP contribution in [-0.2, 0) is 0 Å². The lowest BCUT2D eigenvalue weighted by atomic mass is 10.1. The topological polar surface area (TPSA) is 61.8 Å². The first-order valence-electron chi connectivity index (χ1n) is 8.63. The number of carbonyl (C=O) groups excluding carboxylic acids is 1. The van der Waals surface area contributed by atoms with Gasteiger partial charge in [0.2, 0.25) is 0 Å². The van der Waals surface area contributed by atoms with Crippen LogP contribution in [0.3, 0.4) is 0 Å². The van der Waals surface area contributed by atoms with Crippen LogP contribution in [-0.4, -0.2) is 42.7 Å². The number of hydrogen-bond acceptors (Lipinski definition) is 4. The van der Waals surface area contributed by atoms with Gasteiger partial charge in [0, 0.05) is 6.54 Å². The highest BCUT2D eigenvalue weighted by atomic mass is 16.5. The molecule has 1 heterocycles. The number of ether oxygens (including phenoxy) is 1. The first kappa shape index (κ1) is 17.3. The molecule has 5 nitrogen and oxygen atoms in total. The number of benzene rings is 2. The lowest BCUT2D eigenvalue weighted by molar-refractivity contribution is 0.0935. The summed E-state index contributed by atoms with van der Waals surface area (Å²) in [6.07, 6.45) is 2.38. The van der Waals surface area contributed by atoms with Gasteiger partial charge in [0.15, 0.2) is 0 Å². The number of nitrogens with one attached hydrogen (secondary N) is 1. The van der Waals surface area contributed by atoms with Gasteiger partial charge in [-0.3, -0.25) is 9.69 Å². The van der Waals surface area contributed by atoms with Crippen LogP contribution in [0, 0.1) is 0 Å². The zero-order valence-corrected chi connectivity index (χ0v) is 14.4. The van der Waals surface area contributed by atoms with Crippen LogP contribution < -0.4 is 10.1 Å². The third-order valence-corrected chi connectivity index (χ3v) is 4.67. The molecule has 0 aromatic heterocycles. The number of phenolic OH excluding ortho intramolecular Hbond substituents is 1. The Morgan fingerprint density at radius 2 is 1.92 bits per heavy atom. The van der Waals surface area contributed by atoms with E-state index >= 15 is 0 Å². The fourth-order valence-corrected chi connectivity index (χ4v) is 3.29. The van der Waals surface area contributed by atoms with Crippen molar-refractivity contribution in [3.63, 3.8) is 0 Å². The van der Waals surface area contributed by atoms with Crippen LogP contribution in [0.4, 0.5) is 0 Å². The SMILES string of the molecule is COc1ccc(O)c(C(=O)NCC(c2ccccc2)N2CCCC2)c1. The van der Waals surface area contributed by atoms with Crippen LogP contribution >= 0.6 is 0 Å². The summed E-state index contributed by atoms with van der Waals surface area (Å²) in [6.45, 7) is 2.58. The van der Waals surface area contributed by atoms with Crippen molar-refractivity contribution in [2.24, 2.45) is 0 Å². The standard InChI is InChI=1S/C20H24N2O3/c1-25-16-9-10-19(23)17(13-16)20(24)21-14-18(22-11-5-6-12-22)15-7-3-2-4-8-15/h2-4,7-10,13,18,23H,5-6,11-12,14H2,1H3,(H,21,24). The summed E-state index contributed by atoms with van der Waals surface area (Å²) in [6, 6.07) is 15.0. The van der Waals surface area contributed by atoms with Crippen LogP contribution in [0.15, 0.2) is 48.5 Å². The van der Waals surface area contributed by atoms with Gasteiger partial charge in [-0.25, -0.2) is 0 Å². The second kappa shape index (κ2) is 8.03. The van der Waals surface area contributed by atoms with Crippen molar-refractivity contribution >= 4 is 5.91 Å². The maximum Gasteiger partial charge on any atom is 0.255 e. The molecule has 0 spiro atoms. The van der Waals surface area contributed by atoms with Crippen LogP contribution in [0.25, 0.3) is 0 Å². The van der Waals surface area contributed by atoms with E-state index in [1.54, 1.807) is 12.1 Å². The Bertz CT molecular complexity index is 712. The molecule has 2 N–H and O–H groups in total. The van der Waals surface area contributed by atoms with Crippen molar-refractivity contribution in [2.45, 2.75) is 18.9 Å². The van der Waals surface area contributed by atoms with Crippen LogP contribution in [0.5, 0.6) is 11.5 Å². The smallest absolute Gasteiger partial charge is 0.255 e. The minimum Gasteiger partial charge on any atom is -0.507 e. The number of hydrogen-bond donors (Lipinski definition) is 2. The van der Waals surface area contributed by atoms with E-state index < -0.39 is 0 Å². The summed E-state index contributed by atoms with van der Waals surface area (Å²) in [5.74, 6) is 0.203. The van der Waals surface area contributed by atoms with Gasteiger partial charge in [-0.1, -0.05) is 30.3 Å². The third kappa shape index (κ3) is 4.12. The van der Waals surface area contributed by atoms with Gasteiger partial charge in [-0.2, -0.15) is 0 Å². The quantitative estimate of drug-likeness (QED) is 0.849. The molecule has 1 unspecified atom stereocenters. The first-order chi connectivity index (χ1) is 12.2. The zero-order chi connectivity index (χ0) is 17.6. The van der Waals surface area contributed by atoms with Crippen molar-refractivity contribution in [2.75, 3.05) is 26.7 Å². The highest BCUT2D eigenvalue weighted by Crippen LogP contribution is 2.26. The van der Waals surface area contributed by atoms with Gasteiger partial charge in [0.25, 0.3) is 5.91 Å². The first-order valence-corrected chi connectivity index (χ1v) is 8.63. The average molecular weight is 340 g/mol. The molecule has 2 aromatic carbocycles. The maximum atomic E-state index is 12.5. The minimum atomic E-state index is -0.295. The molecule has 1 aliphatic rings. The summed E-state index contributed by atoms with van der Waals surface area (Å²) in [5.41, 5.74) is 1.42. The van der Waals surface area contributed by atoms with E-state index in [1.165, 1.54) is 31.6 Å². The second-order valence-corrected chi connectivity index (χ2v) is 6.26. The maximum absolute atomic E-state index is 12.5. The van der Waals surface area contributed by atoms with E-state index in [4.69, 9.17) is 4.74 Å². The van der Waals surface area contributed by atoms with Crippen molar-refractivity contribution in [3.05, 3.63) is 59.7 Å². The number of aromatic hydroxyl groups is 1. The molecule has 0 radical (unpaired) electrons. The van der Waals surface area contributed by atoms with E-state index in [-0.39, 0.29) is 23.3 Å². The molecule has 0 aliphatic carbocycles. The molecule has 1 atom stereocenters. The largest absolute Gasteiger partial charge is 0.507 e. The number of likely N-dealkylation sites (tertiary alicyclic amines) is 1. The molecule has 5 heteroatoms. The van der Waals surface area contributed by atoms with Crippen molar-refractivity contribution < 1.29 is 14.6 Å². The van der Waals surface area contributed by atoms with Gasteiger partial charge in [0.05, 0.1) is 18.7 Å². The molecule has 2 aromatic rings. The normalized spacial score (nSPS) is 15.7. The summed E-state index contributed by atoms with van der Waals surface area (Å²) < 4.78 is 5.14. The number of carbonyl (C=O) groups is 1. The van der Waals surface area contributed by atoms with E-state index in [9.17, 15) is 9.90 Å². The molecule has 1 amide bonds. The zero-order valence-electron chi connectivity index (χ0n) is 14.4. The monoisotopic (exact) mass is 340 g/mol. The van der Waals surface area contributed by atoms with E-state index in [2.05, 4.69) is 22.3 Å². The molecule has 1 saturated heterocycles. The number of methoxy groups -OCH3 is 1. The number of amides is 1. The molecule has 132 valence electrons. The Morgan fingerprint density at radius 1 is 1.20 bits per heavy atom. The summed E-state index contributed by atoms with van der Waals surface area (Å²) in [5, 5.41) is 12.9. The Kier molecular flexibility index (Phi) is 5.56. The van der Waals surface area contributed by atoms with Crippen molar-refractivity contribution in [1.29, 1.82) is 0 Å². The van der Waals surface area contributed by atoms with Crippen LogP contribution in [0.1, 0.15) is 34.8 Å². The Hall–Kier alpha value is -2.53. The second-order valence-electron chi connectivity index (χ2n) is 6.26. The Balaban J connectivity index is 1.73. The van der Waals surface area contributed by atoms with Crippen molar-refractivity contribution in [3.8, 4) is 11.5 Å². The fourth-order valence-electron chi connectivity index (χ4n) is 3.29. The Morgan fingerprint density at radius 3 is 2.60 bits per heavy atom. The van der Waals surface area contributed by atoms with Gasteiger partial charge in [0.1, 0.15) is 11.5 Å². The summed E-state index contributed by atoms with van der Waals surface area (Å²) in [7, 11) is 1.53.